The van der Waals surface area contributed by atoms with Gasteiger partial charge in [-0.25, -0.2) is 0 Å². The molecule has 0 aliphatic carbocycles. The van der Waals surface area contributed by atoms with Crippen molar-refractivity contribution in [2.24, 2.45) is 0 Å². The van der Waals surface area contributed by atoms with Gasteiger partial charge in [-0.15, -0.1) is 16.8 Å². The van der Waals surface area contributed by atoms with Crippen molar-refractivity contribution in [1.82, 2.24) is 10.2 Å². The highest BCUT2D eigenvalue weighted by Crippen LogP contribution is 2.31. The van der Waals surface area contributed by atoms with Gasteiger partial charge in [0.05, 0.1) is 5.25 Å². The first-order valence-corrected chi connectivity index (χ1v) is 10.2. The third-order valence-electron chi connectivity index (χ3n) is 3.72. The molecule has 7 heteroatoms. The monoisotopic (exact) mass is 396 g/mol. The molecule has 27 heavy (non-hydrogen) atoms. The number of nitrogens with one attached hydrogen (secondary N) is 2. The summed E-state index contributed by atoms with van der Waals surface area (Å²) in [7, 11) is 0. The molecule has 1 unspecified atom stereocenters. The molecule has 0 saturated carbocycles. The second-order valence-corrected chi connectivity index (χ2v) is 8.27. The number of para-hydroxylation sites is 1. The van der Waals surface area contributed by atoms with E-state index in [0.717, 1.165) is 26.3 Å². The van der Waals surface area contributed by atoms with E-state index in [1.165, 1.54) is 23.1 Å². The molecule has 1 amide bonds. The summed E-state index contributed by atoms with van der Waals surface area (Å²) in [5.41, 5.74) is 2.86. The van der Waals surface area contributed by atoms with E-state index in [1.54, 1.807) is 6.08 Å². The fraction of sp³-hybridized carbons (Fsp3) is 0.150. The van der Waals surface area contributed by atoms with Crippen molar-refractivity contribution in [3.63, 3.8) is 0 Å². The van der Waals surface area contributed by atoms with E-state index in [4.69, 9.17) is 0 Å². The summed E-state index contributed by atoms with van der Waals surface area (Å²) in [6, 6.07) is 17.8. The van der Waals surface area contributed by atoms with Crippen molar-refractivity contribution < 1.29 is 4.79 Å². The Labute approximate surface area is 166 Å². The van der Waals surface area contributed by atoms with Gasteiger partial charge in [0.2, 0.25) is 11.0 Å². The summed E-state index contributed by atoms with van der Waals surface area (Å²) in [5, 5.41) is 14.7. The Morgan fingerprint density at radius 1 is 1.19 bits per heavy atom. The van der Waals surface area contributed by atoms with Crippen LogP contribution in [0.2, 0.25) is 0 Å². The van der Waals surface area contributed by atoms with Crippen LogP contribution in [0.5, 0.6) is 0 Å². The molecule has 0 fully saturated rings. The van der Waals surface area contributed by atoms with Crippen LogP contribution in [-0.2, 0) is 4.79 Å². The Morgan fingerprint density at radius 2 is 1.93 bits per heavy atom. The van der Waals surface area contributed by atoms with Crippen molar-refractivity contribution in [3.05, 3.63) is 67.3 Å². The molecule has 0 aliphatic heterocycles. The number of hydrogen-bond donors (Lipinski definition) is 2. The van der Waals surface area contributed by atoms with Gasteiger partial charge in [0, 0.05) is 17.8 Å². The van der Waals surface area contributed by atoms with E-state index in [0.29, 0.717) is 6.54 Å². The van der Waals surface area contributed by atoms with E-state index in [1.807, 2.05) is 61.5 Å². The average Bonchev–Trinajstić information content (AvgIpc) is 3.14. The van der Waals surface area contributed by atoms with Crippen LogP contribution in [0.25, 0.3) is 11.1 Å². The highest BCUT2D eigenvalue weighted by Gasteiger charge is 2.18. The number of aromatic nitrogens is 2. The maximum absolute atomic E-state index is 12.7. The molecule has 0 spiro atoms. The molecule has 2 N–H and O–H groups in total. The average molecular weight is 397 g/mol. The molecule has 1 atom stereocenters. The van der Waals surface area contributed by atoms with Crippen molar-refractivity contribution in [3.8, 4) is 11.1 Å². The molecule has 5 nitrogen and oxygen atoms in total. The van der Waals surface area contributed by atoms with Gasteiger partial charge in [0.1, 0.15) is 0 Å². The number of hydrogen-bond acceptors (Lipinski definition) is 6. The van der Waals surface area contributed by atoms with Crippen molar-refractivity contribution in [1.29, 1.82) is 0 Å². The molecule has 1 aromatic heterocycles. The van der Waals surface area contributed by atoms with E-state index in [9.17, 15) is 4.79 Å². The number of nitrogens with zero attached hydrogens (tertiary/aromatic N) is 2. The van der Waals surface area contributed by atoms with Crippen LogP contribution in [0.4, 0.5) is 10.8 Å². The topological polar surface area (TPSA) is 66.9 Å². The van der Waals surface area contributed by atoms with E-state index >= 15 is 0 Å². The molecule has 138 valence electrons. The first kappa shape index (κ1) is 19.1. The lowest BCUT2D eigenvalue weighted by Crippen LogP contribution is -2.22. The van der Waals surface area contributed by atoms with Gasteiger partial charge in [-0.05, 0) is 18.6 Å². The third kappa shape index (κ3) is 5.18. The zero-order chi connectivity index (χ0) is 19.1. The first-order valence-electron chi connectivity index (χ1n) is 8.47. The zero-order valence-electron chi connectivity index (χ0n) is 14.9. The summed E-state index contributed by atoms with van der Waals surface area (Å²) < 4.78 is 0.751. The molecular weight excluding hydrogens is 376 g/mol. The molecule has 0 bridgehead atoms. The van der Waals surface area contributed by atoms with Gasteiger partial charge in [0.25, 0.3) is 0 Å². The second kappa shape index (κ2) is 9.34. The predicted octanol–water partition coefficient (Wildman–Crippen LogP) is 4.92. The number of amides is 1. The Balaban J connectivity index is 1.67. The minimum atomic E-state index is -0.297. The summed E-state index contributed by atoms with van der Waals surface area (Å²) >= 11 is 2.82. The van der Waals surface area contributed by atoms with Crippen LogP contribution < -0.4 is 10.6 Å². The minimum Gasteiger partial charge on any atom is -0.357 e. The fourth-order valence-electron chi connectivity index (χ4n) is 2.39. The van der Waals surface area contributed by atoms with Crippen molar-refractivity contribution in [2.75, 3.05) is 17.2 Å². The molecule has 0 aliphatic rings. The number of rotatable bonds is 8. The van der Waals surface area contributed by atoms with Crippen LogP contribution in [0.15, 0.2) is 71.6 Å². The summed E-state index contributed by atoms with van der Waals surface area (Å²) in [6.45, 7) is 6.15. The van der Waals surface area contributed by atoms with E-state index in [2.05, 4.69) is 27.4 Å². The number of benzene rings is 2. The predicted molar refractivity (Wildman–Crippen MR) is 114 cm³/mol. The molecule has 0 saturated heterocycles. The van der Waals surface area contributed by atoms with Gasteiger partial charge in [-0.2, -0.15) is 0 Å². The molecule has 1 heterocycles. The lowest BCUT2D eigenvalue weighted by molar-refractivity contribution is -0.115. The molecule has 3 aromatic rings. The van der Waals surface area contributed by atoms with Gasteiger partial charge < -0.3 is 10.6 Å². The van der Waals surface area contributed by atoms with Crippen LogP contribution >= 0.6 is 23.1 Å². The van der Waals surface area contributed by atoms with E-state index in [-0.39, 0.29) is 11.2 Å². The van der Waals surface area contributed by atoms with Gasteiger partial charge in [0.15, 0.2) is 4.34 Å². The lowest BCUT2D eigenvalue weighted by atomic mass is 10.0. The number of carbonyl (C=O) groups excluding carboxylic acids is 1. The Bertz CT molecular complexity index is 911. The zero-order valence-corrected chi connectivity index (χ0v) is 16.5. The highest BCUT2D eigenvalue weighted by atomic mass is 32.2. The maximum Gasteiger partial charge on any atom is 0.237 e. The molecule has 3 rings (SSSR count). The number of thioether (sulfide) groups is 1. The summed E-state index contributed by atoms with van der Waals surface area (Å²) in [5.74, 6) is -0.0702. The van der Waals surface area contributed by atoms with Crippen molar-refractivity contribution in [2.45, 2.75) is 16.5 Å². The van der Waals surface area contributed by atoms with Crippen LogP contribution in [-0.4, -0.2) is 27.9 Å². The molecule has 2 aromatic carbocycles. The van der Waals surface area contributed by atoms with Crippen LogP contribution in [0.3, 0.4) is 0 Å². The highest BCUT2D eigenvalue weighted by molar-refractivity contribution is 8.02. The van der Waals surface area contributed by atoms with Crippen molar-refractivity contribution >= 4 is 39.8 Å². The Morgan fingerprint density at radius 3 is 2.70 bits per heavy atom. The smallest absolute Gasteiger partial charge is 0.237 e. The SMILES string of the molecule is C=CCNc1nnc(SC(C)C(=O)Nc2ccccc2-c2ccccc2)s1. The maximum atomic E-state index is 12.7. The fourth-order valence-corrected chi connectivity index (χ4v) is 4.29. The normalized spacial score (nSPS) is 11.6. The number of carbonyl (C=O) groups is 1. The molecule has 0 radical (unpaired) electrons. The minimum absolute atomic E-state index is 0.0702. The van der Waals surface area contributed by atoms with Gasteiger partial charge in [-0.3, -0.25) is 4.79 Å². The van der Waals surface area contributed by atoms with Gasteiger partial charge in [-0.1, -0.05) is 77.7 Å². The summed E-state index contributed by atoms with van der Waals surface area (Å²) in [4.78, 5) is 12.7. The standard InChI is InChI=1S/C20H20N4OS2/c1-3-13-21-19-23-24-20(27-19)26-14(2)18(25)22-17-12-8-7-11-16(17)15-9-5-4-6-10-15/h3-12,14H,1,13H2,2H3,(H,21,23)(H,22,25). The summed E-state index contributed by atoms with van der Waals surface area (Å²) in [6.07, 6.45) is 1.76. The van der Waals surface area contributed by atoms with Crippen LogP contribution in [0, 0.1) is 0 Å². The quantitative estimate of drug-likeness (QED) is 0.418. The second-order valence-electron chi connectivity index (χ2n) is 5.70. The lowest BCUT2D eigenvalue weighted by Gasteiger charge is -2.14. The number of anilines is 2. The Kier molecular flexibility index (Phi) is 6.62. The largest absolute Gasteiger partial charge is 0.357 e. The van der Waals surface area contributed by atoms with Crippen LogP contribution in [0.1, 0.15) is 6.92 Å². The third-order valence-corrected chi connectivity index (χ3v) is 5.79. The Hall–Kier alpha value is -2.64. The first-order chi connectivity index (χ1) is 13.2. The van der Waals surface area contributed by atoms with E-state index < -0.39 is 0 Å². The molecular formula is C20H20N4OS2. The van der Waals surface area contributed by atoms with Gasteiger partial charge >= 0.3 is 0 Å².